The lowest BCUT2D eigenvalue weighted by atomic mass is 9.70. The van der Waals surface area contributed by atoms with Crippen molar-refractivity contribution in [3.63, 3.8) is 0 Å². The summed E-state index contributed by atoms with van der Waals surface area (Å²) in [6.45, 7) is 4.35. The number of aryl methyl sites for hydroxylation is 1. The topological polar surface area (TPSA) is 3.24 Å². The second kappa shape index (κ2) is 16.4. The molecule has 0 atom stereocenters. The van der Waals surface area contributed by atoms with E-state index >= 15 is 0 Å². The van der Waals surface area contributed by atoms with E-state index in [4.69, 9.17) is 0 Å². The molecule has 1 heteroatoms. The van der Waals surface area contributed by atoms with E-state index in [0.717, 1.165) is 52.2 Å². The molecule has 0 aliphatic heterocycles. The summed E-state index contributed by atoms with van der Waals surface area (Å²) in [4.78, 5) is 2.44. The van der Waals surface area contributed by atoms with Crippen LogP contribution >= 0.6 is 0 Å². The molecule has 0 N–H and O–H groups in total. The van der Waals surface area contributed by atoms with E-state index in [9.17, 15) is 0 Å². The highest BCUT2D eigenvalue weighted by atomic mass is 15.1. The Morgan fingerprint density at radius 2 is 1.03 bits per heavy atom. The smallest absolute Gasteiger partial charge is 0.0726 e. The van der Waals surface area contributed by atoms with Gasteiger partial charge >= 0.3 is 0 Å². The van der Waals surface area contributed by atoms with Gasteiger partial charge in [-0.15, -0.1) is 0 Å². The number of benzene rings is 9. The molecule has 0 unspecified atom stereocenters. The van der Waals surface area contributed by atoms with Crippen LogP contribution in [0.3, 0.4) is 0 Å². The predicted octanol–water partition coefficient (Wildman–Crippen LogP) is 17.1. The van der Waals surface area contributed by atoms with E-state index in [1.807, 2.05) is 6.08 Å². The number of nitrogens with zero attached hydrogens (tertiary/aromatic N) is 1. The first kappa shape index (κ1) is 39.3. The van der Waals surface area contributed by atoms with Crippen molar-refractivity contribution in [2.24, 2.45) is 0 Å². The molecule has 66 heavy (non-hydrogen) atoms. The molecule has 312 valence electrons. The molecule has 9 aromatic carbocycles. The van der Waals surface area contributed by atoms with Gasteiger partial charge in [0.25, 0.3) is 0 Å². The molecular formula is C65H47N. The van der Waals surface area contributed by atoms with Crippen molar-refractivity contribution in [1.29, 1.82) is 0 Å². The Morgan fingerprint density at radius 1 is 0.470 bits per heavy atom. The van der Waals surface area contributed by atoms with Crippen LogP contribution in [-0.4, -0.2) is 0 Å². The zero-order valence-corrected chi connectivity index (χ0v) is 36.7. The van der Waals surface area contributed by atoms with Crippen LogP contribution in [0.15, 0.2) is 243 Å². The highest BCUT2D eigenvalue weighted by Crippen LogP contribution is 2.63. The summed E-state index contributed by atoms with van der Waals surface area (Å²) in [6.07, 6.45) is 15.3. The Labute approximate surface area is 388 Å². The maximum atomic E-state index is 4.35. The molecule has 0 saturated carbocycles. The molecule has 9 aromatic rings. The Hall–Kier alpha value is -8.26. The average Bonchev–Trinajstić information content (AvgIpc) is 3.86. The van der Waals surface area contributed by atoms with Crippen LogP contribution in [0, 0.1) is 0 Å². The second-order valence-electron chi connectivity index (χ2n) is 17.5. The van der Waals surface area contributed by atoms with Crippen LogP contribution in [0.5, 0.6) is 0 Å². The minimum atomic E-state index is -0.455. The first-order valence-electron chi connectivity index (χ1n) is 23.1. The molecule has 0 aromatic heterocycles. The van der Waals surface area contributed by atoms with Gasteiger partial charge in [-0.25, -0.2) is 0 Å². The van der Waals surface area contributed by atoms with Crippen molar-refractivity contribution in [2.45, 2.75) is 18.3 Å². The van der Waals surface area contributed by atoms with Crippen molar-refractivity contribution in [1.82, 2.24) is 0 Å². The van der Waals surface area contributed by atoms with Gasteiger partial charge in [-0.1, -0.05) is 219 Å². The summed E-state index contributed by atoms with van der Waals surface area (Å²) in [6, 6.07) is 78.3. The summed E-state index contributed by atoms with van der Waals surface area (Å²) in [5.41, 5.74) is 24.1. The molecule has 0 heterocycles. The van der Waals surface area contributed by atoms with Crippen molar-refractivity contribution < 1.29 is 0 Å². The SMILES string of the molecule is C=C/C(=C\C=C\c1cccc2c1C=CCC2)c1ccc(N(c2ccc(-c3ccccc3)cc2)c2ccc3c(c2)C2(c4ccccc4-c4ccccc42)c2ccccc2-3)cc1-c1ccccc1. The van der Waals surface area contributed by atoms with Gasteiger partial charge in [0.15, 0.2) is 0 Å². The van der Waals surface area contributed by atoms with Crippen LogP contribution in [0.4, 0.5) is 17.1 Å². The first-order chi connectivity index (χ1) is 32.7. The third-order valence-electron chi connectivity index (χ3n) is 14.0. The lowest BCUT2D eigenvalue weighted by Crippen LogP contribution is -2.26. The summed E-state index contributed by atoms with van der Waals surface area (Å²) in [5.74, 6) is 0. The molecule has 0 saturated heterocycles. The van der Waals surface area contributed by atoms with Crippen LogP contribution in [0.1, 0.15) is 50.9 Å². The van der Waals surface area contributed by atoms with Gasteiger partial charge in [0.2, 0.25) is 0 Å². The predicted molar refractivity (Wildman–Crippen MR) is 279 cm³/mol. The minimum Gasteiger partial charge on any atom is -0.310 e. The average molecular weight is 842 g/mol. The monoisotopic (exact) mass is 841 g/mol. The molecular weight excluding hydrogens is 795 g/mol. The molecule has 3 aliphatic rings. The van der Waals surface area contributed by atoms with Crippen molar-refractivity contribution in [2.75, 3.05) is 4.90 Å². The normalized spacial score (nSPS) is 13.8. The van der Waals surface area contributed by atoms with Gasteiger partial charge in [0.05, 0.1) is 5.41 Å². The first-order valence-corrected chi connectivity index (χ1v) is 23.1. The summed E-state index contributed by atoms with van der Waals surface area (Å²) in [5, 5.41) is 0. The van der Waals surface area contributed by atoms with Gasteiger partial charge in [0.1, 0.15) is 0 Å². The van der Waals surface area contributed by atoms with Gasteiger partial charge in [-0.2, -0.15) is 0 Å². The van der Waals surface area contributed by atoms with Crippen LogP contribution < -0.4 is 4.90 Å². The number of allylic oxidation sites excluding steroid dienone is 5. The fourth-order valence-electron chi connectivity index (χ4n) is 11.0. The number of anilines is 3. The van der Waals surface area contributed by atoms with Crippen LogP contribution in [-0.2, 0) is 11.8 Å². The van der Waals surface area contributed by atoms with Crippen LogP contribution in [0.2, 0.25) is 0 Å². The van der Waals surface area contributed by atoms with Gasteiger partial charge in [-0.3, -0.25) is 0 Å². The Kier molecular flexibility index (Phi) is 9.76. The summed E-state index contributed by atoms with van der Waals surface area (Å²) >= 11 is 0. The maximum absolute atomic E-state index is 4.35. The number of rotatable bonds is 9. The highest BCUT2D eigenvalue weighted by molar-refractivity contribution is 5.97. The van der Waals surface area contributed by atoms with E-state index in [1.165, 1.54) is 72.3 Å². The zero-order chi connectivity index (χ0) is 44.0. The fourth-order valence-corrected chi connectivity index (χ4v) is 11.0. The zero-order valence-electron chi connectivity index (χ0n) is 36.7. The van der Waals surface area contributed by atoms with E-state index in [1.54, 1.807) is 0 Å². The third kappa shape index (κ3) is 6.38. The van der Waals surface area contributed by atoms with Crippen LogP contribution in [0.25, 0.3) is 62.2 Å². The molecule has 1 nitrogen and oxygen atoms in total. The van der Waals surface area contributed by atoms with Crippen molar-refractivity contribution in [3.05, 3.63) is 288 Å². The molecule has 1 spiro atoms. The Balaban J connectivity index is 1.04. The molecule has 0 radical (unpaired) electrons. The lowest BCUT2D eigenvalue weighted by Gasteiger charge is -2.32. The maximum Gasteiger partial charge on any atom is 0.0726 e. The minimum absolute atomic E-state index is 0.455. The molecule has 12 rings (SSSR count). The number of hydrogen-bond acceptors (Lipinski definition) is 1. The highest BCUT2D eigenvalue weighted by Gasteiger charge is 2.51. The Morgan fingerprint density at radius 3 is 1.70 bits per heavy atom. The van der Waals surface area contributed by atoms with Gasteiger partial charge in [0, 0.05) is 17.1 Å². The van der Waals surface area contributed by atoms with Crippen molar-refractivity contribution >= 4 is 34.8 Å². The Bertz CT molecular complexity index is 3360. The van der Waals surface area contributed by atoms with E-state index in [0.29, 0.717) is 0 Å². The van der Waals surface area contributed by atoms with E-state index in [-0.39, 0.29) is 0 Å². The standard InChI is InChI=1S/C65H47N/c1-2-45(24-17-25-49-27-18-26-48-23-9-10-28-54(48)49)55-41-39-52(43-60(55)50-21-7-4-8-22-50)66(51-37-35-47(36-38-51)46-19-5-3-6-20-46)53-40-42-59-58-31-13-16-34-63(58)65(64(59)44-53)61-32-14-11-29-56(61)57-30-12-15-33-62(57)65/h2-8,10-22,24-44H,1,9,23H2/b25-17+,45-24+. The summed E-state index contributed by atoms with van der Waals surface area (Å²) in [7, 11) is 0. The van der Waals surface area contributed by atoms with E-state index in [2.05, 4.69) is 254 Å². The second-order valence-corrected chi connectivity index (χ2v) is 17.5. The van der Waals surface area contributed by atoms with Gasteiger partial charge < -0.3 is 4.90 Å². The third-order valence-corrected chi connectivity index (χ3v) is 14.0. The van der Waals surface area contributed by atoms with Gasteiger partial charge in [-0.05, 0) is 144 Å². The number of fused-ring (bicyclic) bond motifs is 11. The quantitative estimate of drug-likeness (QED) is 0.131. The lowest BCUT2D eigenvalue weighted by molar-refractivity contribution is 0.793. The van der Waals surface area contributed by atoms with E-state index < -0.39 is 5.41 Å². The molecule has 0 bridgehead atoms. The molecule has 3 aliphatic carbocycles. The molecule has 0 fully saturated rings. The largest absolute Gasteiger partial charge is 0.310 e. The summed E-state index contributed by atoms with van der Waals surface area (Å²) < 4.78 is 0. The van der Waals surface area contributed by atoms with Crippen molar-refractivity contribution in [3.8, 4) is 44.5 Å². The molecule has 0 amide bonds. The fraction of sp³-hybridized carbons (Fsp3) is 0.0462. The number of hydrogen-bond donors (Lipinski definition) is 0.